The number of primary amides is 1. The van der Waals surface area contributed by atoms with Gasteiger partial charge in [0.15, 0.2) is 0 Å². The average Bonchev–Trinajstić information content (AvgIpc) is 2.26. The van der Waals surface area contributed by atoms with Gasteiger partial charge in [-0.2, -0.15) is 0 Å². The second-order valence-corrected chi connectivity index (χ2v) is 4.04. The summed E-state index contributed by atoms with van der Waals surface area (Å²) in [7, 11) is 0. The normalized spacial score (nSPS) is 10.4. The predicted molar refractivity (Wildman–Crippen MR) is 66.3 cm³/mol. The number of unbranched alkanes of at least 4 members (excludes halogenated alkanes) is 1. The Kier molecular flexibility index (Phi) is 4.99. The molecule has 1 aromatic carbocycles. The van der Waals surface area contributed by atoms with E-state index in [1.165, 1.54) is 18.4 Å². The minimum atomic E-state index is -0.367. The monoisotopic (exact) mass is 220 g/mol. The van der Waals surface area contributed by atoms with Crippen molar-refractivity contribution in [3.8, 4) is 0 Å². The Bertz CT molecular complexity index is 361. The van der Waals surface area contributed by atoms with Gasteiger partial charge in [-0.05, 0) is 43.1 Å². The van der Waals surface area contributed by atoms with Gasteiger partial charge in [-0.3, -0.25) is 4.79 Å². The highest BCUT2D eigenvalue weighted by Gasteiger charge is 2.03. The molecule has 88 valence electrons. The van der Waals surface area contributed by atoms with Crippen molar-refractivity contribution in [3.05, 3.63) is 34.9 Å². The Morgan fingerprint density at radius 1 is 1.44 bits per heavy atom. The SMILES string of the molecule is CCCCNCc1ccc(C(N)=O)cc1C. The zero-order valence-electron chi connectivity index (χ0n) is 10.0. The number of hydrogen-bond donors (Lipinski definition) is 2. The Hall–Kier alpha value is -1.35. The fraction of sp³-hybridized carbons (Fsp3) is 0.462. The van der Waals surface area contributed by atoms with Crippen LogP contribution in [0.25, 0.3) is 0 Å². The number of aryl methyl sites for hydroxylation is 1. The molecular formula is C13H20N2O. The Morgan fingerprint density at radius 2 is 2.19 bits per heavy atom. The van der Waals surface area contributed by atoms with E-state index in [-0.39, 0.29) is 5.91 Å². The molecule has 1 rings (SSSR count). The van der Waals surface area contributed by atoms with E-state index >= 15 is 0 Å². The predicted octanol–water partition coefficient (Wildman–Crippen LogP) is 1.98. The molecule has 0 fully saturated rings. The number of nitrogens with one attached hydrogen (secondary N) is 1. The molecule has 0 aliphatic carbocycles. The first-order valence-electron chi connectivity index (χ1n) is 5.75. The smallest absolute Gasteiger partial charge is 0.248 e. The summed E-state index contributed by atoms with van der Waals surface area (Å²) in [6.45, 7) is 6.07. The Labute approximate surface area is 97.0 Å². The van der Waals surface area contributed by atoms with Gasteiger partial charge < -0.3 is 11.1 Å². The van der Waals surface area contributed by atoms with E-state index in [2.05, 4.69) is 12.2 Å². The minimum absolute atomic E-state index is 0.367. The first kappa shape index (κ1) is 12.7. The molecule has 0 aliphatic rings. The number of carbonyl (C=O) groups is 1. The van der Waals surface area contributed by atoms with E-state index in [0.29, 0.717) is 5.56 Å². The van der Waals surface area contributed by atoms with Gasteiger partial charge in [0, 0.05) is 12.1 Å². The highest BCUT2D eigenvalue weighted by atomic mass is 16.1. The van der Waals surface area contributed by atoms with Crippen molar-refractivity contribution in [1.82, 2.24) is 5.32 Å². The molecule has 0 saturated heterocycles. The number of amides is 1. The summed E-state index contributed by atoms with van der Waals surface area (Å²) in [6.07, 6.45) is 2.39. The molecule has 0 radical (unpaired) electrons. The van der Waals surface area contributed by atoms with Crippen LogP contribution in [0.15, 0.2) is 18.2 Å². The van der Waals surface area contributed by atoms with E-state index < -0.39 is 0 Å². The largest absolute Gasteiger partial charge is 0.366 e. The molecule has 0 heterocycles. The molecule has 16 heavy (non-hydrogen) atoms. The van der Waals surface area contributed by atoms with Crippen molar-refractivity contribution < 1.29 is 4.79 Å². The van der Waals surface area contributed by atoms with E-state index in [1.807, 2.05) is 19.1 Å². The number of rotatable bonds is 6. The fourth-order valence-electron chi connectivity index (χ4n) is 1.57. The van der Waals surface area contributed by atoms with E-state index in [9.17, 15) is 4.79 Å². The molecule has 3 N–H and O–H groups in total. The Balaban J connectivity index is 2.57. The summed E-state index contributed by atoms with van der Waals surface area (Å²) < 4.78 is 0. The van der Waals surface area contributed by atoms with Crippen LogP contribution in [0, 0.1) is 6.92 Å². The van der Waals surface area contributed by atoms with E-state index in [4.69, 9.17) is 5.73 Å². The van der Waals surface area contributed by atoms with Crippen LogP contribution in [0.4, 0.5) is 0 Å². The quantitative estimate of drug-likeness (QED) is 0.720. The van der Waals surface area contributed by atoms with E-state index in [1.54, 1.807) is 6.07 Å². The van der Waals surface area contributed by atoms with Gasteiger partial charge in [0.05, 0.1) is 0 Å². The van der Waals surface area contributed by atoms with Crippen LogP contribution in [-0.2, 0) is 6.54 Å². The molecule has 0 unspecified atom stereocenters. The maximum atomic E-state index is 11.0. The molecule has 0 bridgehead atoms. The van der Waals surface area contributed by atoms with Crippen molar-refractivity contribution in [1.29, 1.82) is 0 Å². The van der Waals surface area contributed by atoms with Crippen LogP contribution in [0.5, 0.6) is 0 Å². The number of benzene rings is 1. The first-order valence-corrected chi connectivity index (χ1v) is 5.75. The summed E-state index contributed by atoms with van der Waals surface area (Å²) in [6, 6.07) is 5.60. The van der Waals surface area contributed by atoms with Crippen LogP contribution in [0.3, 0.4) is 0 Å². The molecule has 0 spiro atoms. The highest BCUT2D eigenvalue weighted by Crippen LogP contribution is 2.10. The molecule has 0 saturated carbocycles. The summed E-state index contributed by atoms with van der Waals surface area (Å²) in [5, 5.41) is 3.38. The second-order valence-electron chi connectivity index (χ2n) is 4.04. The molecule has 1 amide bonds. The van der Waals surface area contributed by atoms with Crippen molar-refractivity contribution in [2.45, 2.75) is 33.2 Å². The number of carbonyl (C=O) groups excluding carboxylic acids is 1. The number of nitrogens with two attached hydrogens (primary N) is 1. The molecular weight excluding hydrogens is 200 g/mol. The van der Waals surface area contributed by atoms with Gasteiger partial charge in [0.2, 0.25) is 5.91 Å². The maximum Gasteiger partial charge on any atom is 0.248 e. The Morgan fingerprint density at radius 3 is 2.75 bits per heavy atom. The van der Waals surface area contributed by atoms with Crippen LogP contribution in [-0.4, -0.2) is 12.5 Å². The lowest BCUT2D eigenvalue weighted by Gasteiger charge is -2.08. The maximum absolute atomic E-state index is 11.0. The van der Waals surface area contributed by atoms with Crippen molar-refractivity contribution in [2.75, 3.05) is 6.54 Å². The van der Waals surface area contributed by atoms with Gasteiger partial charge in [-0.15, -0.1) is 0 Å². The van der Waals surface area contributed by atoms with Crippen LogP contribution in [0.1, 0.15) is 41.3 Å². The summed E-state index contributed by atoms with van der Waals surface area (Å²) in [5.41, 5.74) is 8.13. The lowest BCUT2D eigenvalue weighted by Crippen LogP contribution is -2.16. The molecule has 0 aromatic heterocycles. The molecule has 1 aromatic rings. The van der Waals surface area contributed by atoms with Gasteiger partial charge in [-0.1, -0.05) is 19.4 Å². The van der Waals surface area contributed by atoms with Gasteiger partial charge in [-0.25, -0.2) is 0 Å². The lowest BCUT2D eigenvalue weighted by atomic mass is 10.0. The first-order chi connectivity index (χ1) is 7.65. The topological polar surface area (TPSA) is 55.1 Å². The fourth-order valence-corrected chi connectivity index (χ4v) is 1.57. The lowest BCUT2D eigenvalue weighted by molar-refractivity contribution is 0.1000. The average molecular weight is 220 g/mol. The molecule has 0 aliphatic heterocycles. The zero-order chi connectivity index (χ0) is 12.0. The summed E-state index contributed by atoms with van der Waals surface area (Å²) in [5.74, 6) is -0.367. The molecule has 3 heteroatoms. The third kappa shape index (κ3) is 3.66. The van der Waals surface area contributed by atoms with E-state index in [0.717, 1.165) is 18.7 Å². The van der Waals surface area contributed by atoms with Crippen molar-refractivity contribution >= 4 is 5.91 Å². The van der Waals surface area contributed by atoms with Crippen molar-refractivity contribution in [3.63, 3.8) is 0 Å². The van der Waals surface area contributed by atoms with Crippen LogP contribution >= 0.6 is 0 Å². The van der Waals surface area contributed by atoms with Gasteiger partial charge in [0.1, 0.15) is 0 Å². The molecule has 0 atom stereocenters. The summed E-state index contributed by atoms with van der Waals surface area (Å²) >= 11 is 0. The van der Waals surface area contributed by atoms with Gasteiger partial charge >= 0.3 is 0 Å². The van der Waals surface area contributed by atoms with Crippen LogP contribution < -0.4 is 11.1 Å². The van der Waals surface area contributed by atoms with Gasteiger partial charge in [0.25, 0.3) is 0 Å². The third-order valence-corrected chi connectivity index (χ3v) is 2.65. The highest BCUT2D eigenvalue weighted by molar-refractivity contribution is 5.93. The summed E-state index contributed by atoms with van der Waals surface area (Å²) in [4.78, 5) is 11.0. The van der Waals surface area contributed by atoms with Crippen molar-refractivity contribution in [2.24, 2.45) is 5.73 Å². The second kappa shape index (κ2) is 6.28. The minimum Gasteiger partial charge on any atom is -0.366 e. The molecule has 3 nitrogen and oxygen atoms in total. The zero-order valence-corrected chi connectivity index (χ0v) is 10.0. The standard InChI is InChI=1S/C13H20N2O/c1-3-4-7-15-9-12-6-5-11(13(14)16)8-10(12)2/h5-6,8,15H,3-4,7,9H2,1-2H3,(H2,14,16). The third-order valence-electron chi connectivity index (χ3n) is 2.65. The number of hydrogen-bond acceptors (Lipinski definition) is 2. The van der Waals surface area contributed by atoms with Crippen LogP contribution in [0.2, 0.25) is 0 Å².